The zero-order valence-corrected chi connectivity index (χ0v) is 11.8. The highest BCUT2D eigenvalue weighted by Crippen LogP contribution is 2.01. The van der Waals surface area contributed by atoms with Crippen molar-refractivity contribution in [1.29, 1.82) is 0 Å². The predicted molar refractivity (Wildman–Crippen MR) is 76.8 cm³/mol. The molecule has 0 aliphatic rings. The van der Waals surface area contributed by atoms with Crippen LogP contribution in [0, 0.1) is 0 Å². The van der Waals surface area contributed by atoms with Crippen LogP contribution in [-0.4, -0.2) is 31.2 Å². The van der Waals surface area contributed by atoms with E-state index in [0.717, 1.165) is 12.0 Å². The number of hydrogen-bond acceptors (Lipinski definition) is 3. The maximum absolute atomic E-state index is 11.8. The van der Waals surface area contributed by atoms with Gasteiger partial charge in [0.1, 0.15) is 0 Å². The van der Waals surface area contributed by atoms with Gasteiger partial charge in [-0.3, -0.25) is 4.79 Å². The molecule has 4 heteroatoms. The van der Waals surface area contributed by atoms with Crippen molar-refractivity contribution < 1.29 is 9.53 Å². The van der Waals surface area contributed by atoms with Crippen LogP contribution in [0.25, 0.3) is 0 Å². The van der Waals surface area contributed by atoms with Crippen molar-refractivity contribution in [1.82, 2.24) is 5.32 Å². The van der Waals surface area contributed by atoms with E-state index in [1.807, 2.05) is 44.2 Å². The van der Waals surface area contributed by atoms with Gasteiger partial charge in [-0.15, -0.1) is 0 Å². The van der Waals surface area contributed by atoms with E-state index in [0.29, 0.717) is 19.6 Å². The van der Waals surface area contributed by atoms with Crippen LogP contribution in [0.2, 0.25) is 0 Å². The molecule has 1 atom stereocenters. The molecule has 0 aliphatic heterocycles. The van der Waals surface area contributed by atoms with E-state index in [2.05, 4.69) is 5.32 Å². The number of benzene rings is 1. The zero-order valence-electron chi connectivity index (χ0n) is 11.8. The third kappa shape index (κ3) is 6.94. The molecular formula is C15H24N2O2. The largest absolute Gasteiger partial charge is 0.379 e. The molecule has 106 valence electrons. The highest BCUT2D eigenvalue weighted by Gasteiger charge is 2.12. The van der Waals surface area contributed by atoms with Gasteiger partial charge < -0.3 is 15.8 Å². The Morgan fingerprint density at radius 3 is 2.63 bits per heavy atom. The molecule has 4 nitrogen and oxygen atoms in total. The first-order valence-corrected chi connectivity index (χ1v) is 6.78. The number of carbonyl (C=O) groups is 1. The minimum absolute atomic E-state index is 0.103. The molecule has 1 aromatic carbocycles. The van der Waals surface area contributed by atoms with Crippen molar-refractivity contribution >= 4 is 5.91 Å². The summed E-state index contributed by atoms with van der Waals surface area (Å²) in [5, 5.41) is 2.83. The smallest absolute Gasteiger partial charge is 0.237 e. The lowest BCUT2D eigenvalue weighted by Gasteiger charge is -2.13. The average Bonchev–Trinajstić information content (AvgIpc) is 2.38. The van der Waals surface area contributed by atoms with Crippen LogP contribution >= 0.6 is 0 Å². The van der Waals surface area contributed by atoms with Gasteiger partial charge in [0.05, 0.1) is 12.1 Å². The van der Waals surface area contributed by atoms with Crippen LogP contribution in [-0.2, 0) is 16.0 Å². The highest BCUT2D eigenvalue weighted by atomic mass is 16.5. The number of carbonyl (C=O) groups excluding carboxylic acids is 1. The molecule has 0 fully saturated rings. The van der Waals surface area contributed by atoms with Crippen LogP contribution < -0.4 is 11.1 Å². The summed E-state index contributed by atoms with van der Waals surface area (Å²) in [5.74, 6) is -0.103. The van der Waals surface area contributed by atoms with Gasteiger partial charge in [-0.05, 0) is 32.3 Å². The Morgan fingerprint density at radius 1 is 1.32 bits per heavy atom. The molecule has 1 rings (SSSR count). The lowest BCUT2D eigenvalue weighted by molar-refractivity contribution is -0.122. The number of nitrogens with two attached hydrogens (primary N) is 1. The maximum Gasteiger partial charge on any atom is 0.237 e. The Morgan fingerprint density at radius 2 is 2.00 bits per heavy atom. The molecular weight excluding hydrogens is 240 g/mol. The fourth-order valence-electron chi connectivity index (χ4n) is 1.69. The van der Waals surface area contributed by atoms with Gasteiger partial charge in [0, 0.05) is 13.2 Å². The third-order valence-corrected chi connectivity index (χ3v) is 2.71. The summed E-state index contributed by atoms with van der Waals surface area (Å²) in [4.78, 5) is 11.8. The molecule has 0 radical (unpaired) electrons. The molecule has 19 heavy (non-hydrogen) atoms. The quantitative estimate of drug-likeness (QED) is 0.699. The summed E-state index contributed by atoms with van der Waals surface area (Å²) < 4.78 is 5.40. The Kier molecular flexibility index (Phi) is 7.15. The molecule has 0 saturated heterocycles. The number of rotatable bonds is 8. The van der Waals surface area contributed by atoms with Gasteiger partial charge in [0.25, 0.3) is 0 Å². The van der Waals surface area contributed by atoms with E-state index in [-0.39, 0.29) is 12.0 Å². The van der Waals surface area contributed by atoms with Gasteiger partial charge in [0.15, 0.2) is 0 Å². The maximum atomic E-state index is 11.8. The summed E-state index contributed by atoms with van der Waals surface area (Å²) in [6, 6.07) is 9.30. The first-order chi connectivity index (χ1) is 9.09. The van der Waals surface area contributed by atoms with Gasteiger partial charge >= 0.3 is 0 Å². The van der Waals surface area contributed by atoms with Gasteiger partial charge in [0.2, 0.25) is 5.91 Å². The zero-order chi connectivity index (χ0) is 14.1. The Bertz CT molecular complexity index is 366. The topological polar surface area (TPSA) is 64.3 Å². The van der Waals surface area contributed by atoms with E-state index in [1.54, 1.807) is 0 Å². The Labute approximate surface area is 115 Å². The van der Waals surface area contributed by atoms with Crippen molar-refractivity contribution in [3.05, 3.63) is 35.9 Å². The number of hydrogen-bond donors (Lipinski definition) is 2. The van der Waals surface area contributed by atoms with Crippen molar-refractivity contribution in [3.8, 4) is 0 Å². The average molecular weight is 264 g/mol. The molecule has 0 spiro atoms. The molecule has 0 aromatic heterocycles. The van der Waals surface area contributed by atoms with Gasteiger partial charge in [-0.25, -0.2) is 0 Å². The van der Waals surface area contributed by atoms with E-state index >= 15 is 0 Å². The van der Waals surface area contributed by atoms with Gasteiger partial charge in [-0.1, -0.05) is 30.3 Å². The van der Waals surface area contributed by atoms with Crippen LogP contribution in [0.4, 0.5) is 0 Å². The fourth-order valence-corrected chi connectivity index (χ4v) is 1.69. The van der Waals surface area contributed by atoms with Gasteiger partial charge in [-0.2, -0.15) is 0 Å². The number of amides is 1. The summed E-state index contributed by atoms with van der Waals surface area (Å²) in [7, 11) is 0. The first kappa shape index (κ1) is 15.7. The lowest BCUT2D eigenvalue weighted by Crippen LogP contribution is -2.42. The summed E-state index contributed by atoms with van der Waals surface area (Å²) in [6.07, 6.45) is 1.60. The predicted octanol–water partition coefficient (Wildman–Crippen LogP) is 1.49. The number of nitrogens with one attached hydrogen (secondary N) is 1. The molecule has 1 aromatic rings. The molecule has 0 unspecified atom stereocenters. The lowest BCUT2D eigenvalue weighted by atomic mass is 10.1. The summed E-state index contributed by atoms with van der Waals surface area (Å²) >= 11 is 0. The summed E-state index contributed by atoms with van der Waals surface area (Å²) in [6.45, 7) is 5.25. The Balaban J connectivity index is 2.18. The van der Waals surface area contributed by atoms with E-state index in [9.17, 15) is 4.79 Å². The second kappa shape index (κ2) is 8.67. The minimum atomic E-state index is -0.492. The van der Waals surface area contributed by atoms with E-state index in [4.69, 9.17) is 10.5 Å². The van der Waals surface area contributed by atoms with E-state index in [1.165, 1.54) is 0 Å². The van der Waals surface area contributed by atoms with E-state index < -0.39 is 6.04 Å². The fraction of sp³-hybridized carbons (Fsp3) is 0.533. The van der Waals surface area contributed by atoms with Crippen molar-refractivity contribution in [2.24, 2.45) is 5.73 Å². The summed E-state index contributed by atoms with van der Waals surface area (Å²) in [5.41, 5.74) is 6.95. The standard InChI is InChI=1S/C15H24N2O2/c1-12(2)19-10-6-9-17-15(18)14(16)11-13-7-4-3-5-8-13/h3-5,7-8,12,14H,6,9-11,16H2,1-2H3,(H,17,18)/t14-/m0/s1. The van der Waals surface area contributed by atoms with Crippen LogP contribution in [0.3, 0.4) is 0 Å². The van der Waals surface area contributed by atoms with Crippen molar-refractivity contribution in [2.75, 3.05) is 13.2 Å². The first-order valence-electron chi connectivity index (χ1n) is 6.78. The monoisotopic (exact) mass is 264 g/mol. The minimum Gasteiger partial charge on any atom is -0.379 e. The molecule has 0 aliphatic carbocycles. The molecule has 1 amide bonds. The molecule has 0 heterocycles. The van der Waals surface area contributed by atoms with Crippen LogP contribution in [0.5, 0.6) is 0 Å². The second-order valence-electron chi connectivity index (χ2n) is 4.86. The molecule has 0 saturated carbocycles. The van der Waals surface area contributed by atoms with Crippen molar-refractivity contribution in [3.63, 3.8) is 0 Å². The van der Waals surface area contributed by atoms with Crippen LogP contribution in [0.15, 0.2) is 30.3 Å². The highest BCUT2D eigenvalue weighted by molar-refractivity contribution is 5.81. The Hall–Kier alpha value is -1.39. The third-order valence-electron chi connectivity index (χ3n) is 2.71. The normalized spacial score (nSPS) is 12.4. The van der Waals surface area contributed by atoms with Crippen molar-refractivity contribution in [2.45, 2.75) is 38.8 Å². The molecule has 3 N–H and O–H groups in total. The molecule has 0 bridgehead atoms. The van der Waals surface area contributed by atoms with Crippen LogP contribution in [0.1, 0.15) is 25.8 Å². The second-order valence-corrected chi connectivity index (χ2v) is 4.86. The SMILES string of the molecule is CC(C)OCCCNC(=O)[C@@H](N)Cc1ccccc1. The number of ether oxygens (including phenoxy) is 1.